The van der Waals surface area contributed by atoms with Crippen LogP contribution in [-0.2, 0) is 14.3 Å². The van der Waals surface area contributed by atoms with Crippen molar-refractivity contribution in [1.82, 2.24) is 5.32 Å². The van der Waals surface area contributed by atoms with Gasteiger partial charge in [-0.3, -0.25) is 9.59 Å². The molecule has 1 saturated heterocycles. The lowest BCUT2D eigenvalue weighted by atomic mass is 9.89. The Balaban J connectivity index is 1.66. The Kier molecular flexibility index (Phi) is 6.90. The SMILES string of the molecule is COCCOc1c(Cl)cccc1NC(=O)C1CCC(c2ccccc2)NC1=O. The lowest BCUT2D eigenvalue weighted by Crippen LogP contribution is -2.44. The quantitative estimate of drug-likeness (QED) is 0.548. The smallest absolute Gasteiger partial charge is 0.237 e. The first-order chi connectivity index (χ1) is 13.6. The molecule has 3 rings (SSSR count). The molecule has 1 aliphatic rings. The lowest BCUT2D eigenvalue weighted by Gasteiger charge is -2.29. The Hall–Kier alpha value is -2.57. The summed E-state index contributed by atoms with van der Waals surface area (Å²) in [6.45, 7) is 0.691. The summed E-state index contributed by atoms with van der Waals surface area (Å²) in [5, 5.41) is 6.11. The number of hydrogen-bond donors (Lipinski definition) is 2. The number of anilines is 1. The second-order valence-electron chi connectivity index (χ2n) is 6.55. The normalized spacial score (nSPS) is 19.0. The molecule has 2 N–H and O–H groups in total. The number of para-hydroxylation sites is 1. The molecule has 0 aromatic heterocycles. The maximum Gasteiger partial charge on any atom is 0.237 e. The first kappa shape index (κ1) is 20.2. The van der Waals surface area contributed by atoms with Gasteiger partial charge >= 0.3 is 0 Å². The number of benzene rings is 2. The third-order valence-electron chi connectivity index (χ3n) is 4.65. The molecule has 0 bridgehead atoms. The van der Waals surface area contributed by atoms with Crippen molar-refractivity contribution in [3.63, 3.8) is 0 Å². The van der Waals surface area contributed by atoms with Crippen LogP contribution in [0.3, 0.4) is 0 Å². The van der Waals surface area contributed by atoms with Gasteiger partial charge in [-0.15, -0.1) is 0 Å². The summed E-state index contributed by atoms with van der Waals surface area (Å²) in [4.78, 5) is 25.2. The summed E-state index contributed by atoms with van der Waals surface area (Å²) in [5.74, 6) is -1.04. The van der Waals surface area contributed by atoms with E-state index in [1.54, 1.807) is 25.3 Å². The van der Waals surface area contributed by atoms with Gasteiger partial charge in [-0.2, -0.15) is 0 Å². The number of carbonyl (C=O) groups excluding carboxylic acids is 2. The van der Waals surface area contributed by atoms with E-state index >= 15 is 0 Å². The van der Waals surface area contributed by atoms with Gasteiger partial charge in [0.15, 0.2) is 5.75 Å². The van der Waals surface area contributed by atoms with Crippen molar-refractivity contribution in [2.75, 3.05) is 25.6 Å². The van der Waals surface area contributed by atoms with E-state index in [4.69, 9.17) is 21.1 Å². The lowest BCUT2D eigenvalue weighted by molar-refractivity contribution is -0.135. The van der Waals surface area contributed by atoms with E-state index in [2.05, 4.69) is 10.6 Å². The van der Waals surface area contributed by atoms with Gasteiger partial charge in [0, 0.05) is 7.11 Å². The van der Waals surface area contributed by atoms with Crippen LogP contribution in [-0.4, -0.2) is 32.1 Å². The van der Waals surface area contributed by atoms with Gasteiger partial charge in [-0.25, -0.2) is 0 Å². The number of nitrogens with one attached hydrogen (secondary N) is 2. The van der Waals surface area contributed by atoms with Crippen molar-refractivity contribution in [2.45, 2.75) is 18.9 Å². The van der Waals surface area contributed by atoms with Crippen molar-refractivity contribution in [1.29, 1.82) is 0 Å². The van der Waals surface area contributed by atoms with Crippen LogP contribution in [0.15, 0.2) is 48.5 Å². The van der Waals surface area contributed by atoms with Crippen LogP contribution in [0.2, 0.25) is 5.02 Å². The third-order valence-corrected chi connectivity index (χ3v) is 4.95. The average Bonchev–Trinajstić information content (AvgIpc) is 2.70. The zero-order valence-electron chi connectivity index (χ0n) is 15.6. The molecule has 0 saturated carbocycles. The number of methoxy groups -OCH3 is 1. The maximum absolute atomic E-state index is 12.7. The molecule has 1 fully saturated rings. The second kappa shape index (κ2) is 9.57. The van der Waals surface area contributed by atoms with E-state index < -0.39 is 5.92 Å². The van der Waals surface area contributed by atoms with Crippen molar-refractivity contribution in [2.24, 2.45) is 5.92 Å². The number of rotatable bonds is 7. The highest BCUT2D eigenvalue weighted by molar-refractivity contribution is 6.32. The molecule has 28 heavy (non-hydrogen) atoms. The standard InChI is InChI=1S/C21H23ClN2O4/c1-27-12-13-28-19-16(22)8-5-9-18(19)24-21(26)15-10-11-17(23-20(15)25)14-6-3-2-4-7-14/h2-9,15,17H,10-13H2,1H3,(H,23,25)(H,24,26). The zero-order valence-corrected chi connectivity index (χ0v) is 16.4. The fourth-order valence-corrected chi connectivity index (χ4v) is 3.42. The van der Waals surface area contributed by atoms with Crippen molar-refractivity contribution in [3.05, 3.63) is 59.1 Å². The van der Waals surface area contributed by atoms with Crippen LogP contribution in [0.4, 0.5) is 5.69 Å². The van der Waals surface area contributed by atoms with Gasteiger partial charge in [-0.05, 0) is 30.5 Å². The molecular weight excluding hydrogens is 380 g/mol. The number of amides is 2. The first-order valence-corrected chi connectivity index (χ1v) is 9.54. The molecule has 2 aromatic carbocycles. The van der Waals surface area contributed by atoms with Crippen LogP contribution < -0.4 is 15.4 Å². The first-order valence-electron chi connectivity index (χ1n) is 9.16. The highest BCUT2D eigenvalue weighted by Gasteiger charge is 2.34. The van der Waals surface area contributed by atoms with Gasteiger partial charge in [0.25, 0.3) is 0 Å². The van der Waals surface area contributed by atoms with Crippen LogP contribution in [0.1, 0.15) is 24.4 Å². The molecule has 6 nitrogen and oxygen atoms in total. The molecule has 0 aliphatic carbocycles. The fourth-order valence-electron chi connectivity index (χ4n) is 3.20. The largest absolute Gasteiger partial charge is 0.487 e. The predicted octanol–water partition coefficient (Wildman–Crippen LogP) is 3.57. The minimum Gasteiger partial charge on any atom is -0.487 e. The van der Waals surface area contributed by atoms with Crippen LogP contribution >= 0.6 is 11.6 Å². The molecule has 1 aliphatic heterocycles. The third kappa shape index (κ3) is 4.82. The summed E-state index contributed by atoms with van der Waals surface area (Å²) >= 11 is 6.20. The van der Waals surface area contributed by atoms with E-state index in [-0.39, 0.29) is 17.9 Å². The van der Waals surface area contributed by atoms with E-state index in [0.717, 1.165) is 5.56 Å². The molecule has 2 aromatic rings. The Bertz CT molecular complexity index is 828. The predicted molar refractivity (Wildman–Crippen MR) is 108 cm³/mol. The van der Waals surface area contributed by atoms with Gasteiger partial charge < -0.3 is 20.1 Å². The van der Waals surface area contributed by atoms with E-state index in [9.17, 15) is 9.59 Å². The van der Waals surface area contributed by atoms with Gasteiger partial charge in [0.1, 0.15) is 12.5 Å². The fraction of sp³-hybridized carbons (Fsp3) is 0.333. The Morgan fingerprint density at radius 2 is 1.93 bits per heavy atom. The molecule has 1 heterocycles. The monoisotopic (exact) mass is 402 g/mol. The van der Waals surface area contributed by atoms with E-state index in [1.165, 1.54) is 0 Å². The molecule has 0 spiro atoms. The van der Waals surface area contributed by atoms with Crippen molar-refractivity contribution < 1.29 is 19.1 Å². The van der Waals surface area contributed by atoms with Gasteiger partial charge in [-0.1, -0.05) is 48.0 Å². The Labute approximate surface area is 169 Å². The van der Waals surface area contributed by atoms with Crippen LogP contribution in [0.25, 0.3) is 0 Å². The Morgan fingerprint density at radius 1 is 1.14 bits per heavy atom. The molecule has 2 unspecified atom stereocenters. The topological polar surface area (TPSA) is 76.7 Å². The summed E-state index contributed by atoms with van der Waals surface area (Å²) in [6, 6.07) is 14.8. The number of carbonyl (C=O) groups is 2. The van der Waals surface area contributed by atoms with Gasteiger partial charge in [0.2, 0.25) is 11.8 Å². The molecule has 2 atom stereocenters. The maximum atomic E-state index is 12.7. The van der Waals surface area contributed by atoms with Crippen LogP contribution in [0, 0.1) is 5.92 Å². The molecule has 0 radical (unpaired) electrons. The number of halogens is 1. The molecule has 2 amide bonds. The Morgan fingerprint density at radius 3 is 2.64 bits per heavy atom. The van der Waals surface area contributed by atoms with E-state index in [1.807, 2.05) is 30.3 Å². The number of ether oxygens (including phenoxy) is 2. The van der Waals surface area contributed by atoms with Gasteiger partial charge in [0.05, 0.1) is 23.4 Å². The zero-order chi connectivity index (χ0) is 19.9. The summed E-state index contributed by atoms with van der Waals surface area (Å²) in [5.41, 5.74) is 1.48. The summed E-state index contributed by atoms with van der Waals surface area (Å²) < 4.78 is 10.6. The summed E-state index contributed by atoms with van der Waals surface area (Å²) in [6.07, 6.45) is 1.16. The minimum absolute atomic E-state index is 0.0724. The van der Waals surface area contributed by atoms with E-state index in [0.29, 0.717) is 42.5 Å². The average molecular weight is 403 g/mol. The highest BCUT2D eigenvalue weighted by Crippen LogP contribution is 2.34. The molecule has 148 valence electrons. The number of hydrogen-bond acceptors (Lipinski definition) is 4. The van der Waals surface area contributed by atoms with Crippen molar-refractivity contribution in [3.8, 4) is 5.75 Å². The molecular formula is C21H23ClN2O4. The van der Waals surface area contributed by atoms with Crippen LogP contribution in [0.5, 0.6) is 5.75 Å². The molecule has 7 heteroatoms. The minimum atomic E-state index is -0.759. The van der Waals surface area contributed by atoms with Crippen molar-refractivity contribution >= 4 is 29.1 Å². The highest BCUT2D eigenvalue weighted by atomic mass is 35.5. The second-order valence-corrected chi connectivity index (χ2v) is 6.96. The summed E-state index contributed by atoms with van der Waals surface area (Å²) in [7, 11) is 1.57. The number of piperidine rings is 1.